The van der Waals surface area contributed by atoms with Gasteiger partial charge in [-0.3, -0.25) is 18.6 Å². The van der Waals surface area contributed by atoms with E-state index in [1.54, 1.807) is 0 Å². The molecule has 0 heterocycles. The summed E-state index contributed by atoms with van der Waals surface area (Å²) in [6, 6.07) is 0. The Balaban J connectivity index is 4.26. The molecule has 0 spiro atoms. The molecule has 0 fully saturated rings. The molecule has 0 rings (SSSR count). The number of esters is 2. The SMILES string of the molecule is CC/C=C\C/C=C\C/C=C\C/C=C\C/C=C\C/C=C\C/C=C\C/C=C\C/C=C\C/C=C\CCCCCCCCC(=O)OC(COC(=O)CCCCC/C=C\C/C=C\C/C=C\C/C=C\C/C=C\CC)COP(=O)(O)OCC[N+](C)(C)C. The van der Waals surface area contributed by atoms with E-state index in [1.165, 1.54) is 0 Å². The molecular formula is C70H111NO8P+. The Morgan fingerprint density at radius 2 is 0.675 bits per heavy atom. The predicted octanol–water partition coefficient (Wildman–Crippen LogP) is 19.6. The lowest BCUT2D eigenvalue weighted by atomic mass is 10.1. The molecule has 0 aromatic carbocycles. The number of unbranched alkanes of at least 4 members (excludes halogenated alkanes) is 9. The van der Waals surface area contributed by atoms with Crippen LogP contribution in [0.2, 0.25) is 0 Å². The Hall–Kier alpha value is -4.89. The molecule has 0 aliphatic carbocycles. The van der Waals surface area contributed by atoms with Crippen molar-refractivity contribution in [1.82, 2.24) is 0 Å². The van der Waals surface area contributed by atoms with Gasteiger partial charge in [0, 0.05) is 12.8 Å². The number of hydrogen-bond donors (Lipinski definition) is 1. The summed E-state index contributed by atoms with van der Waals surface area (Å²) < 4.78 is 34.5. The molecule has 1 N–H and O–H groups in total. The predicted molar refractivity (Wildman–Crippen MR) is 343 cm³/mol. The number of ether oxygens (including phenoxy) is 2. The number of carbonyl (C=O) groups is 2. The fourth-order valence-corrected chi connectivity index (χ4v) is 8.04. The fourth-order valence-electron chi connectivity index (χ4n) is 7.30. The zero-order valence-corrected chi connectivity index (χ0v) is 51.6. The Labute approximate surface area is 489 Å². The average Bonchev–Trinajstić information content (AvgIpc) is 3.42. The van der Waals surface area contributed by atoms with Crippen LogP contribution in [0.4, 0.5) is 0 Å². The number of quaternary nitrogens is 1. The summed E-state index contributed by atoms with van der Waals surface area (Å²) in [6.07, 6.45) is 91.1. The maximum Gasteiger partial charge on any atom is 0.472 e. The van der Waals surface area contributed by atoms with Gasteiger partial charge in [0.2, 0.25) is 0 Å². The van der Waals surface area contributed by atoms with Gasteiger partial charge in [-0.05, 0) is 135 Å². The summed E-state index contributed by atoms with van der Waals surface area (Å²) in [5, 5.41) is 0. The van der Waals surface area contributed by atoms with Crippen LogP contribution in [-0.2, 0) is 32.7 Å². The van der Waals surface area contributed by atoms with Crippen molar-refractivity contribution >= 4 is 19.8 Å². The molecule has 0 aliphatic heterocycles. The number of carbonyl (C=O) groups excluding carboxylic acids is 2. The van der Waals surface area contributed by atoms with Crippen molar-refractivity contribution in [3.63, 3.8) is 0 Å². The van der Waals surface area contributed by atoms with Crippen LogP contribution in [0.5, 0.6) is 0 Å². The molecule has 0 aliphatic rings. The molecule has 0 saturated carbocycles. The number of allylic oxidation sites excluding steroid dienone is 30. The first-order valence-corrected chi connectivity index (χ1v) is 32.0. The minimum absolute atomic E-state index is 0.0118. The van der Waals surface area contributed by atoms with Crippen molar-refractivity contribution in [3.8, 4) is 0 Å². The Kier molecular flexibility index (Phi) is 55.2. The second-order valence-electron chi connectivity index (χ2n) is 20.6. The summed E-state index contributed by atoms with van der Waals surface area (Å²) in [7, 11) is 1.42. The Bertz CT molecular complexity index is 2000. The highest BCUT2D eigenvalue weighted by Crippen LogP contribution is 2.43. The molecule has 0 bridgehead atoms. The van der Waals surface area contributed by atoms with Crippen molar-refractivity contribution in [2.24, 2.45) is 0 Å². The lowest BCUT2D eigenvalue weighted by Gasteiger charge is -2.24. The lowest BCUT2D eigenvalue weighted by molar-refractivity contribution is -0.870. The summed E-state index contributed by atoms with van der Waals surface area (Å²) in [5.74, 6) is -0.870. The first-order chi connectivity index (χ1) is 39.0. The van der Waals surface area contributed by atoms with Gasteiger partial charge >= 0.3 is 19.8 Å². The van der Waals surface area contributed by atoms with Gasteiger partial charge in [0.05, 0.1) is 27.7 Å². The molecule has 0 amide bonds. The Morgan fingerprint density at radius 1 is 0.388 bits per heavy atom. The molecule has 448 valence electrons. The summed E-state index contributed by atoms with van der Waals surface area (Å²) in [5.41, 5.74) is 0. The minimum Gasteiger partial charge on any atom is -0.462 e. The van der Waals surface area contributed by atoms with E-state index in [9.17, 15) is 19.0 Å². The maximum absolute atomic E-state index is 12.8. The van der Waals surface area contributed by atoms with E-state index in [-0.39, 0.29) is 26.1 Å². The largest absolute Gasteiger partial charge is 0.472 e. The number of phosphoric ester groups is 1. The Morgan fingerprint density at radius 3 is 1.01 bits per heavy atom. The van der Waals surface area contributed by atoms with Crippen molar-refractivity contribution in [1.29, 1.82) is 0 Å². The molecule has 0 radical (unpaired) electrons. The van der Waals surface area contributed by atoms with Crippen LogP contribution in [0.15, 0.2) is 182 Å². The number of hydrogen-bond acceptors (Lipinski definition) is 7. The molecule has 2 unspecified atom stereocenters. The van der Waals surface area contributed by atoms with E-state index in [0.717, 1.165) is 154 Å². The number of likely N-dealkylation sites (N-methyl/N-ethyl adjacent to an activating group) is 1. The minimum atomic E-state index is -4.41. The van der Waals surface area contributed by atoms with Gasteiger partial charge in [-0.25, -0.2) is 4.57 Å². The summed E-state index contributed by atoms with van der Waals surface area (Å²) >= 11 is 0. The van der Waals surface area contributed by atoms with Gasteiger partial charge in [0.25, 0.3) is 0 Å². The molecule has 9 nitrogen and oxygen atoms in total. The lowest BCUT2D eigenvalue weighted by Crippen LogP contribution is -2.37. The van der Waals surface area contributed by atoms with Crippen molar-refractivity contribution in [3.05, 3.63) is 182 Å². The second kappa shape index (κ2) is 58.8. The van der Waals surface area contributed by atoms with Crippen LogP contribution in [-0.4, -0.2) is 74.9 Å². The van der Waals surface area contributed by atoms with Gasteiger partial charge < -0.3 is 18.9 Å². The van der Waals surface area contributed by atoms with Gasteiger partial charge in [0.15, 0.2) is 6.10 Å². The fraction of sp³-hybridized carbons (Fsp3) is 0.543. The highest BCUT2D eigenvalue weighted by atomic mass is 31.2. The standard InChI is InChI=1S/C70H110NO8P/c1-6-8-10-12-14-16-18-20-22-24-26-27-28-29-30-31-32-33-34-35-36-37-38-39-40-41-42-43-45-47-49-51-53-55-57-59-61-63-70(73)79-68(67-78-80(74,75)77-65-64-71(3,4)5)66-76-69(72)62-60-58-56-54-52-50-48-46-44-25-23-21-19-17-15-13-11-9-7-2/h8-11,14-17,20-23,26-27,29-30,32-33,35-36,38-39,41-42,44-47,50,52,68H,6-7,12-13,18-19,24-25,28,31,34,37,40,43,48-49,51,53-67H2,1-5H3/p+1/b10-8-,11-9-,16-14-,17-15-,22-20-,23-21-,27-26-,30-29-,33-32-,36-35-,39-38-,42-41-,46-44-,47-45-,52-50-. The third-order valence-corrected chi connectivity index (χ3v) is 12.9. The van der Waals surface area contributed by atoms with Gasteiger partial charge in [-0.1, -0.05) is 228 Å². The highest BCUT2D eigenvalue weighted by Gasteiger charge is 2.27. The first kappa shape index (κ1) is 75.1. The van der Waals surface area contributed by atoms with Crippen molar-refractivity contribution in [2.75, 3.05) is 47.5 Å². The van der Waals surface area contributed by atoms with Crippen molar-refractivity contribution < 1.29 is 42.1 Å². The highest BCUT2D eigenvalue weighted by molar-refractivity contribution is 7.47. The van der Waals surface area contributed by atoms with E-state index < -0.39 is 32.5 Å². The molecular weight excluding hydrogens is 1010 g/mol. The van der Waals surface area contributed by atoms with Crippen LogP contribution >= 0.6 is 7.82 Å². The van der Waals surface area contributed by atoms with E-state index in [2.05, 4.69) is 196 Å². The molecule has 2 atom stereocenters. The summed E-state index contributed by atoms with van der Waals surface area (Å²) in [4.78, 5) is 35.7. The van der Waals surface area contributed by atoms with Crippen LogP contribution in [0.25, 0.3) is 0 Å². The van der Waals surface area contributed by atoms with Crippen LogP contribution in [0, 0.1) is 0 Å². The second-order valence-corrected chi connectivity index (χ2v) is 22.1. The van der Waals surface area contributed by atoms with E-state index >= 15 is 0 Å². The molecule has 80 heavy (non-hydrogen) atoms. The zero-order chi connectivity index (χ0) is 58.4. The van der Waals surface area contributed by atoms with Gasteiger partial charge in [-0.2, -0.15) is 0 Å². The average molecular weight is 1130 g/mol. The van der Waals surface area contributed by atoms with E-state index in [1.807, 2.05) is 21.1 Å². The summed E-state index contributed by atoms with van der Waals surface area (Å²) in [6.45, 7) is 4.11. The van der Waals surface area contributed by atoms with Crippen molar-refractivity contribution in [2.45, 2.75) is 200 Å². The molecule has 0 saturated heterocycles. The molecule has 10 heteroatoms. The number of nitrogens with zero attached hydrogens (tertiary/aromatic N) is 1. The van der Waals surface area contributed by atoms with E-state index in [4.69, 9.17) is 18.5 Å². The van der Waals surface area contributed by atoms with Crippen LogP contribution < -0.4 is 0 Å². The third kappa shape index (κ3) is 62.3. The molecule has 0 aromatic heterocycles. The number of phosphoric acid groups is 1. The van der Waals surface area contributed by atoms with E-state index in [0.29, 0.717) is 23.9 Å². The normalized spacial score (nSPS) is 14.5. The smallest absolute Gasteiger partial charge is 0.462 e. The topological polar surface area (TPSA) is 108 Å². The quantitative estimate of drug-likeness (QED) is 0.0211. The maximum atomic E-state index is 12.8. The van der Waals surface area contributed by atoms with Gasteiger partial charge in [0.1, 0.15) is 19.8 Å². The van der Waals surface area contributed by atoms with Crippen LogP contribution in [0.3, 0.4) is 0 Å². The van der Waals surface area contributed by atoms with Crippen LogP contribution in [0.1, 0.15) is 194 Å². The monoisotopic (exact) mass is 1120 g/mol. The number of rotatable bonds is 53. The third-order valence-electron chi connectivity index (χ3n) is 11.9. The molecule has 0 aromatic rings. The first-order valence-electron chi connectivity index (χ1n) is 30.5. The van der Waals surface area contributed by atoms with Gasteiger partial charge in [-0.15, -0.1) is 0 Å². The zero-order valence-electron chi connectivity index (χ0n) is 50.7.